The molecule has 4 aliphatic rings. The summed E-state index contributed by atoms with van der Waals surface area (Å²) in [5.41, 5.74) is 10.5. The number of hydrogen-bond acceptors (Lipinski definition) is 5. The largest absolute Gasteiger partial charge is 0.459 e. The highest BCUT2D eigenvalue weighted by Crippen LogP contribution is 2.57. The molecule has 25 heavy (non-hydrogen) atoms. The van der Waals surface area contributed by atoms with Gasteiger partial charge in [0.2, 0.25) is 11.8 Å². The van der Waals surface area contributed by atoms with E-state index in [2.05, 4.69) is 5.32 Å². The topological polar surface area (TPSA) is 125 Å². The van der Waals surface area contributed by atoms with E-state index in [1.165, 1.54) is 26.2 Å². The van der Waals surface area contributed by atoms with Crippen LogP contribution in [-0.2, 0) is 19.1 Å². The molecule has 7 heteroatoms. The Morgan fingerprint density at radius 2 is 1.64 bits per heavy atom. The predicted octanol–water partition coefficient (Wildman–Crippen LogP) is 0.596. The standard InChI is InChI=1S/C18H29N3O4/c1-10(19)17(24)21-14(16(20)23)2-3-15(22)25-18-7-11-4-12(8-18)6-13(5-11)9-18/h10-14H,2-9,19H2,1H3,(H2,20,23)(H,21,24)/t10-,11?,12?,13?,14+,18?/m0/s1. The van der Waals surface area contributed by atoms with Crippen molar-refractivity contribution >= 4 is 17.8 Å². The third-order valence-electron chi connectivity index (χ3n) is 6.02. The average Bonchev–Trinajstić information content (AvgIpc) is 2.48. The fourth-order valence-electron chi connectivity index (χ4n) is 5.30. The molecule has 0 aliphatic heterocycles. The molecule has 0 aromatic heterocycles. The minimum atomic E-state index is -0.901. The molecule has 0 spiro atoms. The minimum absolute atomic E-state index is 0.0641. The van der Waals surface area contributed by atoms with Gasteiger partial charge in [-0.05, 0) is 69.6 Å². The molecule has 4 aliphatic carbocycles. The SMILES string of the molecule is C[C@H](N)C(=O)N[C@H](CCC(=O)OC12CC3CC(CC(C3)C1)C2)C(N)=O. The zero-order valence-corrected chi connectivity index (χ0v) is 14.8. The van der Waals surface area contributed by atoms with Crippen molar-refractivity contribution < 1.29 is 19.1 Å². The van der Waals surface area contributed by atoms with Gasteiger partial charge >= 0.3 is 5.97 Å². The van der Waals surface area contributed by atoms with Crippen molar-refractivity contribution in [1.82, 2.24) is 5.32 Å². The average molecular weight is 351 g/mol. The Morgan fingerprint density at radius 3 is 2.08 bits per heavy atom. The lowest BCUT2D eigenvalue weighted by atomic mass is 9.54. The molecular formula is C18H29N3O4. The summed E-state index contributed by atoms with van der Waals surface area (Å²) in [4.78, 5) is 35.5. The van der Waals surface area contributed by atoms with Crippen molar-refractivity contribution in [3.63, 3.8) is 0 Å². The van der Waals surface area contributed by atoms with Gasteiger partial charge in [-0.15, -0.1) is 0 Å². The Hall–Kier alpha value is -1.63. The number of esters is 1. The van der Waals surface area contributed by atoms with Gasteiger partial charge in [-0.1, -0.05) is 0 Å². The lowest BCUT2D eigenvalue weighted by Gasteiger charge is -2.55. The number of ether oxygens (including phenoxy) is 1. The molecule has 0 radical (unpaired) electrons. The maximum atomic E-state index is 12.4. The molecule has 5 N–H and O–H groups in total. The van der Waals surface area contributed by atoms with E-state index in [-0.39, 0.29) is 24.4 Å². The predicted molar refractivity (Wildman–Crippen MR) is 91.0 cm³/mol. The molecule has 0 aromatic carbocycles. The molecule has 4 fully saturated rings. The van der Waals surface area contributed by atoms with E-state index >= 15 is 0 Å². The van der Waals surface area contributed by atoms with Crippen molar-refractivity contribution in [2.24, 2.45) is 29.2 Å². The summed E-state index contributed by atoms with van der Waals surface area (Å²) in [6.07, 6.45) is 6.98. The van der Waals surface area contributed by atoms with Crippen molar-refractivity contribution in [1.29, 1.82) is 0 Å². The maximum absolute atomic E-state index is 12.4. The number of nitrogens with one attached hydrogen (secondary N) is 1. The van der Waals surface area contributed by atoms with E-state index in [1.807, 2.05) is 0 Å². The van der Waals surface area contributed by atoms with Gasteiger partial charge in [-0.2, -0.15) is 0 Å². The molecular weight excluding hydrogens is 322 g/mol. The minimum Gasteiger partial charge on any atom is -0.459 e. The van der Waals surface area contributed by atoms with Gasteiger partial charge in [-0.25, -0.2) is 0 Å². The number of carbonyl (C=O) groups excluding carboxylic acids is 3. The molecule has 0 aromatic rings. The molecule has 2 amide bonds. The summed E-state index contributed by atoms with van der Waals surface area (Å²) in [6.45, 7) is 1.52. The smallest absolute Gasteiger partial charge is 0.306 e. The molecule has 4 rings (SSSR count). The van der Waals surface area contributed by atoms with Gasteiger partial charge in [0.1, 0.15) is 11.6 Å². The summed E-state index contributed by atoms with van der Waals surface area (Å²) in [5, 5.41) is 2.48. The Kier molecular flexibility index (Phi) is 5.04. The maximum Gasteiger partial charge on any atom is 0.306 e. The van der Waals surface area contributed by atoms with Gasteiger partial charge < -0.3 is 21.5 Å². The van der Waals surface area contributed by atoms with Crippen LogP contribution >= 0.6 is 0 Å². The highest BCUT2D eigenvalue weighted by molar-refractivity contribution is 5.89. The van der Waals surface area contributed by atoms with E-state index in [0.717, 1.165) is 19.3 Å². The summed E-state index contributed by atoms with van der Waals surface area (Å²) in [7, 11) is 0. The second kappa shape index (κ2) is 6.94. The Balaban J connectivity index is 1.52. The van der Waals surface area contributed by atoms with E-state index in [9.17, 15) is 14.4 Å². The van der Waals surface area contributed by atoms with Gasteiger partial charge in [0.05, 0.1) is 6.04 Å². The van der Waals surface area contributed by atoms with Crippen LogP contribution in [0.25, 0.3) is 0 Å². The summed E-state index contributed by atoms with van der Waals surface area (Å²) in [6, 6.07) is -1.64. The molecule has 0 saturated heterocycles. The van der Waals surface area contributed by atoms with E-state index in [0.29, 0.717) is 17.8 Å². The zero-order valence-electron chi connectivity index (χ0n) is 14.8. The lowest BCUT2D eigenvalue weighted by molar-refractivity contribution is -0.186. The van der Waals surface area contributed by atoms with Crippen LogP contribution in [0.3, 0.4) is 0 Å². The number of primary amides is 1. The lowest BCUT2D eigenvalue weighted by Crippen LogP contribution is -2.53. The zero-order chi connectivity index (χ0) is 18.2. The molecule has 7 nitrogen and oxygen atoms in total. The molecule has 140 valence electrons. The fourth-order valence-corrected chi connectivity index (χ4v) is 5.30. The van der Waals surface area contributed by atoms with Gasteiger partial charge in [0, 0.05) is 6.42 Å². The Morgan fingerprint density at radius 1 is 1.12 bits per heavy atom. The van der Waals surface area contributed by atoms with Gasteiger partial charge in [-0.3, -0.25) is 14.4 Å². The Labute approximate surface area is 148 Å². The van der Waals surface area contributed by atoms with Crippen molar-refractivity contribution in [2.75, 3.05) is 0 Å². The summed E-state index contributed by atoms with van der Waals surface area (Å²) < 4.78 is 5.90. The summed E-state index contributed by atoms with van der Waals surface area (Å²) >= 11 is 0. The quantitative estimate of drug-likeness (QED) is 0.579. The third-order valence-corrected chi connectivity index (χ3v) is 6.02. The summed E-state index contributed by atoms with van der Waals surface area (Å²) in [5.74, 6) is 0.659. The van der Waals surface area contributed by atoms with Crippen LogP contribution in [-0.4, -0.2) is 35.5 Å². The number of carbonyl (C=O) groups is 3. The number of rotatable bonds is 7. The van der Waals surface area contributed by atoms with E-state index in [4.69, 9.17) is 16.2 Å². The molecule has 4 saturated carbocycles. The Bertz CT molecular complexity index is 525. The third kappa shape index (κ3) is 4.14. The fraction of sp³-hybridized carbons (Fsp3) is 0.833. The van der Waals surface area contributed by atoms with E-state index in [1.54, 1.807) is 0 Å². The molecule has 4 bridgehead atoms. The highest BCUT2D eigenvalue weighted by Gasteiger charge is 2.53. The first kappa shape index (κ1) is 18.2. The van der Waals surface area contributed by atoms with Crippen LogP contribution in [0.2, 0.25) is 0 Å². The van der Waals surface area contributed by atoms with E-state index < -0.39 is 23.9 Å². The number of nitrogens with two attached hydrogens (primary N) is 2. The normalized spacial score (nSPS) is 35.0. The van der Waals surface area contributed by atoms with Gasteiger partial charge in [0.25, 0.3) is 0 Å². The van der Waals surface area contributed by atoms with Crippen molar-refractivity contribution in [3.8, 4) is 0 Å². The van der Waals surface area contributed by atoms with Crippen LogP contribution < -0.4 is 16.8 Å². The highest BCUT2D eigenvalue weighted by atomic mass is 16.6. The van der Waals surface area contributed by atoms with Crippen molar-refractivity contribution in [3.05, 3.63) is 0 Å². The molecule has 0 heterocycles. The van der Waals surface area contributed by atoms with Crippen LogP contribution in [0.5, 0.6) is 0 Å². The number of amides is 2. The monoisotopic (exact) mass is 351 g/mol. The van der Waals surface area contributed by atoms with Crippen molar-refractivity contribution in [2.45, 2.75) is 76.0 Å². The van der Waals surface area contributed by atoms with Crippen LogP contribution in [0.1, 0.15) is 58.3 Å². The van der Waals surface area contributed by atoms with Crippen LogP contribution in [0.4, 0.5) is 0 Å². The second-order valence-corrected chi connectivity index (χ2v) is 8.37. The molecule has 2 atom stereocenters. The molecule has 0 unspecified atom stereocenters. The second-order valence-electron chi connectivity index (χ2n) is 8.37. The van der Waals surface area contributed by atoms with Crippen LogP contribution in [0, 0.1) is 17.8 Å². The first-order chi connectivity index (χ1) is 11.8. The van der Waals surface area contributed by atoms with Crippen LogP contribution in [0.15, 0.2) is 0 Å². The van der Waals surface area contributed by atoms with Gasteiger partial charge in [0.15, 0.2) is 0 Å². The first-order valence-corrected chi connectivity index (χ1v) is 9.33. The number of hydrogen-bond donors (Lipinski definition) is 3. The first-order valence-electron chi connectivity index (χ1n) is 9.33.